The number of rotatable bonds is 10. The molecule has 44 heavy (non-hydrogen) atoms. The van der Waals surface area contributed by atoms with Gasteiger partial charge in [0.2, 0.25) is 0 Å². The summed E-state index contributed by atoms with van der Waals surface area (Å²) in [5.41, 5.74) is 1.08. The minimum atomic E-state index is -0.880. The van der Waals surface area contributed by atoms with Crippen molar-refractivity contribution in [3.05, 3.63) is 107 Å². The van der Waals surface area contributed by atoms with E-state index in [2.05, 4.69) is 15.0 Å². The van der Waals surface area contributed by atoms with E-state index in [1.54, 1.807) is 62.6 Å². The number of ether oxygens (including phenoxy) is 3. The molecule has 5 rings (SSSR count). The summed E-state index contributed by atoms with van der Waals surface area (Å²) < 4.78 is 18.3. The largest absolute Gasteiger partial charge is 0.493 e. The highest BCUT2D eigenvalue weighted by atomic mass is 32.2. The highest BCUT2D eigenvalue weighted by molar-refractivity contribution is 7.99. The van der Waals surface area contributed by atoms with E-state index in [0.29, 0.717) is 49.8 Å². The average molecular weight is 634 g/mol. The van der Waals surface area contributed by atoms with Crippen LogP contribution in [0.25, 0.3) is 6.08 Å². The van der Waals surface area contributed by atoms with Crippen LogP contribution in [0.2, 0.25) is 0 Å². The SMILES string of the molecule is CCOC(=O)C1=C(C)N=c2s/c(=C/c3cc([N+](=O)[O-])ccc3Sc3ncccn3)c(=O)n2[C@@H]1c1ccc(OC)c(OCC)c1. The Hall–Kier alpha value is -4.82. The van der Waals surface area contributed by atoms with E-state index < -0.39 is 22.5 Å². The molecule has 2 aromatic heterocycles. The molecule has 0 saturated heterocycles. The van der Waals surface area contributed by atoms with Gasteiger partial charge < -0.3 is 14.2 Å². The highest BCUT2D eigenvalue weighted by Gasteiger charge is 2.34. The van der Waals surface area contributed by atoms with Crippen molar-refractivity contribution in [2.24, 2.45) is 4.99 Å². The smallest absolute Gasteiger partial charge is 0.338 e. The molecule has 1 aliphatic rings. The number of esters is 1. The molecular formula is C30H27N5O7S2. The number of thiazole rings is 1. The number of carbonyl (C=O) groups excluding carboxylic acids is 1. The van der Waals surface area contributed by atoms with E-state index in [1.807, 2.05) is 6.92 Å². The second-order valence-corrected chi connectivity index (χ2v) is 11.3. The van der Waals surface area contributed by atoms with Crippen molar-refractivity contribution >= 4 is 40.8 Å². The summed E-state index contributed by atoms with van der Waals surface area (Å²) in [5.74, 6) is 0.357. The number of allylic oxidation sites excluding steroid dienone is 1. The van der Waals surface area contributed by atoms with Crippen molar-refractivity contribution in [1.29, 1.82) is 0 Å². The average Bonchev–Trinajstić information content (AvgIpc) is 3.31. The molecule has 1 atom stereocenters. The maximum Gasteiger partial charge on any atom is 0.338 e. The summed E-state index contributed by atoms with van der Waals surface area (Å²) in [6.45, 7) is 5.75. The Morgan fingerprint density at radius 2 is 1.91 bits per heavy atom. The Morgan fingerprint density at radius 1 is 1.14 bits per heavy atom. The van der Waals surface area contributed by atoms with Crippen LogP contribution in [0.5, 0.6) is 11.5 Å². The van der Waals surface area contributed by atoms with Crippen LogP contribution in [0.1, 0.15) is 37.9 Å². The van der Waals surface area contributed by atoms with Crippen LogP contribution in [-0.4, -0.2) is 45.8 Å². The van der Waals surface area contributed by atoms with Gasteiger partial charge in [-0.25, -0.2) is 19.8 Å². The highest BCUT2D eigenvalue weighted by Crippen LogP contribution is 2.36. The number of hydrogen-bond donors (Lipinski definition) is 0. The molecule has 2 aromatic carbocycles. The normalized spacial score (nSPS) is 14.5. The lowest BCUT2D eigenvalue weighted by Gasteiger charge is -2.25. The number of nitro benzene ring substituents is 1. The van der Waals surface area contributed by atoms with E-state index in [0.717, 1.165) is 11.3 Å². The second-order valence-electron chi connectivity index (χ2n) is 9.26. The van der Waals surface area contributed by atoms with Crippen LogP contribution in [0, 0.1) is 10.1 Å². The van der Waals surface area contributed by atoms with Crippen molar-refractivity contribution in [3.63, 3.8) is 0 Å². The summed E-state index contributed by atoms with van der Waals surface area (Å²) in [4.78, 5) is 52.6. The first-order chi connectivity index (χ1) is 21.2. The zero-order valence-corrected chi connectivity index (χ0v) is 25.8. The Bertz CT molecular complexity index is 1950. The van der Waals surface area contributed by atoms with Crippen LogP contribution >= 0.6 is 23.1 Å². The van der Waals surface area contributed by atoms with Gasteiger partial charge in [-0.15, -0.1) is 0 Å². The third kappa shape index (κ3) is 6.12. The number of fused-ring (bicyclic) bond motifs is 1. The first kappa shape index (κ1) is 30.6. The van der Waals surface area contributed by atoms with E-state index in [-0.39, 0.29) is 22.4 Å². The standard InChI is InChI=1S/C30H27N5O7S2/c1-5-41-22-15-18(8-10-21(22)40-4)26-25(28(37)42-6-2)17(3)33-30-34(26)27(36)24(44-30)16-19-14-20(35(38)39)9-11-23(19)43-29-31-12-7-13-32-29/h7-16,26H,5-6H2,1-4H3/b24-16+/t26-/m1/s1. The molecule has 226 valence electrons. The topological polar surface area (TPSA) is 148 Å². The predicted octanol–water partition coefficient (Wildman–Crippen LogP) is 4.06. The third-order valence-corrected chi connectivity index (χ3v) is 8.52. The van der Waals surface area contributed by atoms with Crippen molar-refractivity contribution in [3.8, 4) is 11.5 Å². The van der Waals surface area contributed by atoms with E-state index in [4.69, 9.17) is 14.2 Å². The monoisotopic (exact) mass is 633 g/mol. The molecule has 0 spiro atoms. The Kier molecular flexibility index (Phi) is 9.20. The van der Waals surface area contributed by atoms with Gasteiger partial charge in [-0.1, -0.05) is 17.4 Å². The molecule has 14 heteroatoms. The van der Waals surface area contributed by atoms with Crippen LogP contribution < -0.4 is 24.4 Å². The van der Waals surface area contributed by atoms with Crippen LogP contribution in [0.15, 0.2) is 86.0 Å². The maximum atomic E-state index is 14.1. The summed E-state index contributed by atoms with van der Waals surface area (Å²) in [6.07, 6.45) is 4.78. The van der Waals surface area contributed by atoms with Gasteiger partial charge in [-0.05, 0) is 74.0 Å². The molecule has 0 bridgehead atoms. The molecule has 0 amide bonds. The van der Waals surface area contributed by atoms with Crippen molar-refractivity contribution in [1.82, 2.24) is 14.5 Å². The molecule has 12 nitrogen and oxygen atoms in total. The fraction of sp³-hybridized carbons (Fsp3) is 0.233. The number of aromatic nitrogens is 3. The molecule has 0 unspecified atom stereocenters. The van der Waals surface area contributed by atoms with Gasteiger partial charge in [-0.3, -0.25) is 19.5 Å². The van der Waals surface area contributed by atoms with Crippen LogP contribution in [0.3, 0.4) is 0 Å². The maximum absolute atomic E-state index is 14.1. The lowest BCUT2D eigenvalue weighted by Crippen LogP contribution is -2.40. The first-order valence-electron chi connectivity index (χ1n) is 13.5. The molecule has 4 aromatic rings. The summed E-state index contributed by atoms with van der Waals surface area (Å²) >= 11 is 2.33. The molecule has 1 aliphatic heterocycles. The molecule has 3 heterocycles. The lowest BCUT2D eigenvalue weighted by atomic mass is 9.95. The van der Waals surface area contributed by atoms with Gasteiger partial charge in [0, 0.05) is 29.4 Å². The van der Waals surface area contributed by atoms with Gasteiger partial charge in [-0.2, -0.15) is 0 Å². The zero-order valence-electron chi connectivity index (χ0n) is 24.2. The molecular weight excluding hydrogens is 606 g/mol. The molecule has 0 radical (unpaired) electrons. The summed E-state index contributed by atoms with van der Waals surface area (Å²) in [7, 11) is 1.53. The predicted molar refractivity (Wildman–Crippen MR) is 164 cm³/mol. The van der Waals surface area contributed by atoms with Crippen molar-refractivity contribution < 1.29 is 23.9 Å². The fourth-order valence-electron chi connectivity index (χ4n) is 4.67. The summed E-state index contributed by atoms with van der Waals surface area (Å²) in [6, 6.07) is 10.4. The van der Waals surface area contributed by atoms with E-state index in [1.165, 1.54) is 35.6 Å². The Balaban J connectivity index is 1.72. The molecule has 0 saturated carbocycles. The number of nitro groups is 1. The van der Waals surface area contributed by atoms with E-state index >= 15 is 0 Å². The van der Waals surface area contributed by atoms with Crippen LogP contribution in [-0.2, 0) is 9.53 Å². The molecule has 0 aliphatic carbocycles. The molecule has 0 fully saturated rings. The number of nitrogens with zero attached hydrogens (tertiary/aromatic N) is 5. The fourth-order valence-corrected chi connectivity index (χ4v) is 6.50. The van der Waals surface area contributed by atoms with Gasteiger partial charge >= 0.3 is 5.97 Å². The second kappa shape index (κ2) is 13.2. The minimum Gasteiger partial charge on any atom is -0.493 e. The number of benzene rings is 2. The van der Waals surface area contributed by atoms with Gasteiger partial charge in [0.25, 0.3) is 11.2 Å². The van der Waals surface area contributed by atoms with E-state index in [9.17, 15) is 19.7 Å². The van der Waals surface area contributed by atoms with Crippen molar-refractivity contribution in [2.75, 3.05) is 20.3 Å². The quantitative estimate of drug-likeness (QED) is 0.108. The number of methoxy groups -OCH3 is 1. The first-order valence-corrected chi connectivity index (χ1v) is 15.1. The Morgan fingerprint density at radius 3 is 2.59 bits per heavy atom. The zero-order chi connectivity index (χ0) is 31.4. The number of hydrogen-bond acceptors (Lipinski definition) is 12. The third-order valence-electron chi connectivity index (χ3n) is 6.55. The Labute approximate surface area is 259 Å². The lowest BCUT2D eigenvalue weighted by molar-refractivity contribution is -0.384. The van der Waals surface area contributed by atoms with Gasteiger partial charge in [0.15, 0.2) is 21.5 Å². The van der Waals surface area contributed by atoms with Gasteiger partial charge in [0.05, 0.1) is 47.1 Å². The van der Waals surface area contributed by atoms with Crippen LogP contribution in [0.4, 0.5) is 5.69 Å². The molecule has 0 N–H and O–H groups in total. The number of carbonyl (C=O) groups is 1. The summed E-state index contributed by atoms with van der Waals surface area (Å²) in [5, 5.41) is 12.1. The minimum absolute atomic E-state index is 0.137. The van der Waals surface area contributed by atoms with Gasteiger partial charge in [0.1, 0.15) is 0 Å². The van der Waals surface area contributed by atoms with Crippen molar-refractivity contribution in [2.45, 2.75) is 36.9 Å². The number of non-ortho nitro benzene ring substituents is 1.